The minimum Gasteiger partial charge on any atom is -0.351 e. The summed E-state index contributed by atoms with van der Waals surface area (Å²) in [6.45, 7) is 0.792. The fourth-order valence-electron chi connectivity index (χ4n) is 4.17. The highest BCUT2D eigenvalue weighted by atomic mass is 19.1. The fourth-order valence-corrected chi connectivity index (χ4v) is 4.17. The Morgan fingerprint density at radius 2 is 1.86 bits per heavy atom. The number of rotatable bonds is 5. The van der Waals surface area contributed by atoms with E-state index in [4.69, 9.17) is 0 Å². The van der Waals surface area contributed by atoms with Crippen LogP contribution in [0.3, 0.4) is 0 Å². The van der Waals surface area contributed by atoms with Crippen LogP contribution in [0.1, 0.15) is 66.6 Å². The molecule has 2 aliphatic carbocycles. The van der Waals surface area contributed by atoms with Gasteiger partial charge in [0.05, 0.1) is 6.20 Å². The van der Waals surface area contributed by atoms with E-state index in [1.807, 2.05) is 12.1 Å². The third-order valence-corrected chi connectivity index (χ3v) is 5.92. The molecule has 1 heterocycles. The van der Waals surface area contributed by atoms with Gasteiger partial charge in [0, 0.05) is 17.7 Å². The van der Waals surface area contributed by atoms with E-state index in [0.29, 0.717) is 16.7 Å². The van der Waals surface area contributed by atoms with Gasteiger partial charge in [0.25, 0.3) is 5.91 Å². The van der Waals surface area contributed by atoms with Gasteiger partial charge in [-0.1, -0.05) is 31.6 Å². The van der Waals surface area contributed by atoms with Crippen molar-refractivity contribution >= 4 is 5.91 Å². The number of carbonyl (C=O) groups is 1. The van der Waals surface area contributed by atoms with E-state index in [9.17, 15) is 9.18 Å². The van der Waals surface area contributed by atoms with Crippen molar-refractivity contribution in [3.63, 3.8) is 0 Å². The lowest BCUT2D eigenvalue weighted by Crippen LogP contribution is -2.36. The standard InChI is InChI=1S/C24H25FN2O/c25-21-10-12-22(26-16-21)11-7-18-5-8-20(9-6-18)23(28)27-17-24(13-1-2-14-24)15-19-3-4-19/h5-6,8-10,12,16,19H,1-4,13-15,17H2,(H,27,28). The molecule has 0 saturated heterocycles. The van der Waals surface area contributed by atoms with E-state index < -0.39 is 0 Å². The molecule has 0 radical (unpaired) electrons. The van der Waals surface area contributed by atoms with Gasteiger partial charge in [-0.3, -0.25) is 4.79 Å². The minimum absolute atomic E-state index is 0.0122. The summed E-state index contributed by atoms with van der Waals surface area (Å²) >= 11 is 0. The second kappa shape index (κ2) is 8.14. The van der Waals surface area contributed by atoms with Crippen LogP contribution in [-0.4, -0.2) is 17.4 Å². The highest BCUT2D eigenvalue weighted by molar-refractivity contribution is 5.94. The zero-order valence-corrected chi connectivity index (χ0v) is 16.0. The second-order valence-corrected chi connectivity index (χ2v) is 8.23. The summed E-state index contributed by atoms with van der Waals surface area (Å²) in [5.41, 5.74) is 2.29. The Kier molecular flexibility index (Phi) is 5.43. The van der Waals surface area contributed by atoms with E-state index in [1.54, 1.807) is 18.2 Å². The number of hydrogen-bond donors (Lipinski definition) is 1. The summed E-state index contributed by atoms with van der Waals surface area (Å²) in [6.07, 6.45) is 10.2. The molecule has 2 fully saturated rings. The predicted octanol–water partition coefficient (Wildman–Crippen LogP) is 4.71. The molecule has 1 aromatic carbocycles. The van der Waals surface area contributed by atoms with Gasteiger partial charge >= 0.3 is 0 Å². The number of carbonyl (C=O) groups excluding carboxylic acids is 1. The number of nitrogens with one attached hydrogen (secondary N) is 1. The first-order valence-electron chi connectivity index (χ1n) is 10.1. The average Bonchev–Trinajstić information content (AvgIpc) is 3.41. The van der Waals surface area contributed by atoms with E-state index >= 15 is 0 Å². The van der Waals surface area contributed by atoms with Crippen LogP contribution in [0.2, 0.25) is 0 Å². The molecule has 144 valence electrons. The average molecular weight is 376 g/mol. The molecule has 2 aliphatic rings. The number of aromatic nitrogens is 1. The molecule has 3 nitrogen and oxygen atoms in total. The molecule has 1 aromatic heterocycles. The highest BCUT2D eigenvalue weighted by Gasteiger charge is 2.39. The van der Waals surface area contributed by atoms with Crippen LogP contribution >= 0.6 is 0 Å². The van der Waals surface area contributed by atoms with Crippen molar-refractivity contribution in [1.29, 1.82) is 0 Å². The maximum Gasteiger partial charge on any atom is 0.251 e. The first-order chi connectivity index (χ1) is 13.6. The maximum absolute atomic E-state index is 12.9. The number of hydrogen-bond acceptors (Lipinski definition) is 2. The van der Waals surface area contributed by atoms with Crippen LogP contribution in [0.15, 0.2) is 42.6 Å². The lowest BCUT2D eigenvalue weighted by atomic mass is 9.80. The largest absolute Gasteiger partial charge is 0.351 e. The Balaban J connectivity index is 1.35. The fraction of sp³-hybridized carbons (Fsp3) is 0.417. The summed E-state index contributed by atoms with van der Waals surface area (Å²) < 4.78 is 12.9. The topological polar surface area (TPSA) is 42.0 Å². The van der Waals surface area contributed by atoms with Gasteiger partial charge in [0.2, 0.25) is 0 Å². The summed E-state index contributed by atoms with van der Waals surface area (Å²) in [7, 11) is 0. The second-order valence-electron chi connectivity index (χ2n) is 8.23. The molecule has 4 heteroatoms. The normalized spacial score (nSPS) is 17.6. The molecule has 0 unspecified atom stereocenters. The molecule has 2 saturated carbocycles. The van der Waals surface area contributed by atoms with E-state index in [0.717, 1.165) is 24.2 Å². The van der Waals surface area contributed by atoms with E-state index in [-0.39, 0.29) is 11.7 Å². The summed E-state index contributed by atoms with van der Waals surface area (Å²) in [5.74, 6) is 6.39. The Bertz CT molecular complexity index is 883. The molecular formula is C24H25FN2O. The zero-order chi connectivity index (χ0) is 19.4. The number of benzene rings is 1. The van der Waals surface area contributed by atoms with Gasteiger partial charge in [-0.15, -0.1) is 0 Å². The highest BCUT2D eigenvalue weighted by Crippen LogP contribution is 2.48. The van der Waals surface area contributed by atoms with Crippen molar-refractivity contribution in [3.05, 3.63) is 65.2 Å². The predicted molar refractivity (Wildman–Crippen MR) is 107 cm³/mol. The smallest absolute Gasteiger partial charge is 0.251 e. The van der Waals surface area contributed by atoms with Crippen LogP contribution in [-0.2, 0) is 0 Å². The summed E-state index contributed by atoms with van der Waals surface area (Å²) in [5, 5.41) is 3.18. The minimum atomic E-state index is -0.377. The molecule has 0 atom stereocenters. The molecule has 0 aliphatic heterocycles. The lowest BCUT2D eigenvalue weighted by molar-refractivity contribution is 0.0925. The van der Waals surface area contributed by atoms with Crippen molar-refractivity contribution in [3.8, 4) is 11.8 Å². The maximum atomic E-state index is 12.9. The van der Waals surface area contributed by atoms with Crippen LogP contribution < -0.4 is 5.32 Å². The van der Waals surface area contributed by atoms with Gasteiger partial charge in [-0.05, 0) is 72.9 Å². The van der Waals surface area contributed by atoms with Crippen molar-refractivity contribution in [2.45, 2.75) is 44.9 Å². The number of amides is 1. The summed E-state index contributed by atoms with van der Waals surface area (Å²) in [4.78, 5) is 16.5. The molecule has 0 bridgehead atoms. The molecular weight excluding hydrogens is 351 g/mol. The first kappa shape index (κ1) is 18.7. The number of halogens is 1. The number of nitrogens with zero attached hydrogens (tertiary/aromatic N) is 1. The summed E-state index contributed by atoms with van der Waals surface area (Å²) in [6, 6.07) is 10.2. The van der Waals surface area contributed by atoms with Crippen molar-refractivity contribution in [2.75, 3.05) is 6.54 Å². The molecule has 1 N–H and O–H groups in total. The van der Waals surface area contributed by atoms with E-state index in [2.05, 4.69) is 22.1 Å². The van der Waals surface area contributed by atoms with Gasteiger partial charge in [0.1, 0.15) is 11.5 Å². The first-order valence-corrected chi connectivity index (χ1v) is 10.1. The van der Waals surface area contributed by atoms with Crippen molar-refractivity contribution in [1.82, 2.24) is 10.3 Å². The quantitative estimate of drug-likeness (QED) is 0.768. The SMILES string of the molecule is O=C(NCC1(CC2CC2)CCCC1)c1ccc(C#Cc2ccc(F)cn2)cc1. The van der Waals surface area contributed by atoms with Crippen LogP contribution in [0, 0.1) is 29.0 Å². The molecule has 2 aromatic rings. The van der Waals surface area contributed by atoms with Gasteiger partial charge in [-0.2, -0.15) is 0 Å². The molecule has 1 amide bonds. The van der Waals surface area contributed by atoms with Gasteiger partial charge in [-0.25, -0.2) is 9.37 Å². The van der Waals surface area contributed by atoms with Crippen molar-refractivity contribution < 1.29 is 9.18 Å². The molecule has 4 rings (SSSR count). The van der Waals surface area contributed by atoms with Gasteiger partial charge < -0.3 is 5.32 Å². The third kappa shape index (κ3) is 4.78. The van der Waals surface area contributed by atoms with Crippen LogP contribution in [0.4, 0.5) is 4.39 Å². The Hall–Kier alpha value is -2.67. The Morgan fingerprint density at radius 3 is 2.50 bits per heavy atom. The monoisotopic (exact) mass is 376 g/mol. The Labute approximate surface area is 165 Å². The van der Waals surface area contributed by atoms with Crippen molar-refractivity contribution in [2.24, 2.45) is 11.3 Å². The van der Waals surface area contributed by atoms with E-state index in [1.165, 1.54) is 51.0 Å². The molecule has 0 spiro atoms. The van der Waals surface area contributed by atoms with Gasteiger partial charge in [0.15, 0.2) is 0 Å². The zero-order valence-electron chi connectivity index (χ0n) is 16.0. The number of pyridine rings is 1. The molecule has 28 heavy (non-hydrogen) atoms. The van der Waals surface area contributed by atoms with Crippen LogP contribution in [0.25, 0.3) is 0 Å². The van der Waals surface area contributed by atoms with Crippen LogP contribution in [0.5, 0.6) is 0 Å². The lowest BCUT2D eigenvalue weighted by Gasteiger charge is -2.29. The Morgan fingerprint density at radius 1 is 1.11 bits per heavy atom. The third-order valence-electron chi connectivity index (χ3n) is 5.92.